The summed E-state index contributed by atoms with van der Waals surface area (Å²) in [6.07, 6.45) is -2.84. The molecule has 0 fully saturated rings. The molecule has 0 atom stereocenters. The van der Waals surface area contributed by atoms with Crippen LogP contribution in [0.3, 0.4) is 0 Å². The van der Waals surface area contributed by atoms with Crippen molar-refractivity contribution in [1.29, 1.82) is 0 Å². The molecule has 0 aliphatic rings. The van der Waals surface area contributed by atoms with Crippen LogP contribution in [0.1, 0.15) is 21.6 Å². The minimum atomic E-state index is -4.51. The fraction of sp³-hybridized carbons (Fsp3) is 0.0952. The number of hydrogen-bond donors (Lipinski definition) is 1. The van der Waals surface area contributed by atoms with Gasteiger partial charge in [0.1, 0.15) is 0 Å². The first-order valence-electron chi connectivity index (χ1n) is 8.72. The van der Waals surface area contributed by atoms with E-state index in [1.165, 1.54) is 12.1 Å². The summed E-state index contributed by atoms with van der Waals surface area (Å²) in [5, 5.41) is 7.07. The summed E-state index contributed by atoms with van der Waals surface area (Å²) in [5.41, 5.74) is 2.59. The molecule has 0 unspecified atom stereocenters. The average molecular weight is 396 g/mol. The van der Waals surface area contributed by atoms with E-state index >= 15 is 0 Å². The van der Waals surface area contributed by atoms with Gasteiger partial charge in [-0.1, -0.05) is 18.2 Å². The molecule has 0 radical (unpaired) electrons. The molecule has 1 amide bonds. The van der Waals surface area contributed by atoms with Gasteiger partial charge in [0.2, 0.25) is 0 Å². The average Bonchev–Trinajstić information content (AvgIpc) is 3.07. The number of hydrogen-bond acceptors (Lipinski definition) is 3. The Morgan fingerprint density at radius 2 is 1.83 bits per heavy atom. The lowest BCUT2D eigenvalue weighted by Gasteiger charge is -2.11. The van der Waals surface area contributed by atoms with Crippen LogP contribution in [0.4, 0.5) is 18.9 Å². The third-order valence-corrected chi connectivity index (χ3v) is 4.35. The molecule has 8 heteroatoms. The van der Waals surface area contributed by atoms with Crippen LogP contribution < -0.4 is 5.32 Å². The summed E-state index contributed by atoms with van der Waals surface area (Å²) in [4.78, 5) is 16.7. The topological polar surface area (TPSA) is 59.3 Å². The third-order valence-electron chi connectivity index (χ3n) is 4.35. The predicted octanol–water partition coefficient (Wildman–Crippen LogP) is 4.98. The van der Waals surface area contributed by atoms with E-state index in [0.29, 0.717) is 11.3 Å². The number of amides is 1. The van der Waals surface area contributed by atoms with Gasteiger partial charge in [-0.3, -0.25) is 4.79 Å². The fourth-order valence-corrected chi connectivity index (χ4v) is 3.02. The maximum Gasteiger partial charge on any atom is 0.416 e. The first kappa shape index (κ1) is 18.7. The van der Waals surface area contributed by atoms with Gasteiger partial charge in [-0.2, -0.15) is 18.3 Å². The second-order valence-electron chi connectivity index (χ2n) is 6.50. The standard InChI is InChI=1S/C21H15F3N4O/c1-13-10-19-25-9-8-18(28(19)27-13)14-4-3-7-17(12-14)26-20(29)15-5-2-6-16(11-15)21(22,23)24/h2-12H,1H3,(H,26,29). The van der Waals surface area contributed by atoms with E-state index in [2.05, 4.69) is 15.4 Å². The fourth-order valence-electron chi connectivity index (χ4n) is 3.02. The molecule has 0 aliphatic carbocycles. The van der Waals surface area contributed by atoms with Gasteiger partial charge in [0.25, 0.3) is 5.91 Å². The van der Waals surface area contributed by atoms with Crippen molar-refractivity contribution >= 4 is 17.2 Å². The van der Waals surface area contributed by atoms with Gasteiger partial charge < -0.3 is 5.32 Å². The molecule has 0 saturated heterocycles. The van der Waals surface area contributed by atoms with Crippen molar-refractivity contribution in [2.45, 2.75) is 13.1 Å². The normalized spacial score (nSPS) is 11.6. The van der Waals surface area contributed by atoms with E-state index in [1.54, 1.807) is 35.0 Å². The Morgan fingerprint density at radius 3 is 2.62 bits per heavy atom. The van der Waals surface area contributed by atoms with Crippen LogP contribution in [0.25, 0.3) is 16.9 Å². The SMILES string of the molecule is Cc1cc2nccc(-c3cccc(NC(=O)c4cccc(C(F)(F)F)c4)c3)n2n1. The number of nitrogens with one attached hydrogen (secondary N) is 1. The highest BCUT2D eigenvalue weighted by Crippen LogP contribution is 2.30. The number of carbonyl (C=O) groups excluding carboxylic acids is 1. The highest BCUT2D eigenvalue weighted by atomic mass is 19.4. The Kier molecular flexibility index (Phi) is 4.54. The van der Waals surface area contributed by atoms with Crippen molar-refractivity contribution < 1.29 is 18.0 Å². The van der Waals surface area contributed by atoms with Crippen molar-refractivity contribution in [1.82, 2.24) is 14.6 Å². The number of rotatable bonds is 3. The molecule has 1 N–H and O–H groups in total. The zero-order valence-electron chi connectivity index (χ0n) is 15.2. The summed E-state index contributed by atoms with van der Waals surface area (Å²) < 4.78 is 40.3. The van der Waals surface area contributed by atoms with Gasteiger partial charge in [-0.15, -0.1) is 0 Å². The van der Waals surface area contributed by atoms with Crippen molar-refractivity contribution in [2.24, 2.45) is 0 Å². The summed E-state index contributed by atoms with van der Waals surface area (Å²) in [6, 6.07) is 15.0. The zero-order valence-corrected chi connectivity index (χ0v) is 15.2. The van der Waals surface area contributed by atoms with Crippen molar-refractivity contribution in [3.8, 4) is 11.3 Å². The van der Waals surface area contributed by atoms with Gasteiger partial charge in [0.15, 0.2) is 5.65 Å². The number of halogens is 3. The van der Waals surface area contributed by atoms with Crippen LogP contribution in [0.5, 0.6) is 0 Å². The van der Waals surface area contributed by atoms with Gasteiger partial charge in [0.05, 0.1) is 17.0 Å². The lowest BCUT2D eigenvalue weighted by Crippen LogP contribution is -2.14. The van der Waals surface area contributed by atoms with Crippen LogP contribution in [0.15, 0.2) is 66.9 Å². The molecule has 0 spiro atoms. The third kappa shape index (κ3) is 3.82. The lowest BCUT2D eigenvalue weighted by atomic mass is 10.1. The molecule has 4 aromatic rings. The van der Waals surface area contributed by atoms with Crippen LogP contribution >= 0.6 is 0 Å². The van der Waals surface area contributed by atoms with Crippen LogP contribution in [0.2, 0.25) is 0 Å². The van der Waals surface area contributed by atoms with Crippen LogP contribution in [0, 0.1) is 6.92 Å². The minimum Gasteiger partial charge on any atom is -0.322 e. The number of alkyl halides is 3. The molecule has 29 heavy (non-hydrogen) atoms. The summed E-state index contributed by atoms with van der Waals surface area (Å²) in [5.74, 6) is -0.622. The summed E-state index contributed by atoms with van der Waals surface area (Å²) in [7, 11) is 0. The minimum absolute atomic E-state index is 0.0702. The lowest BCUT2D eigenvalue weighted by molar-refractivity contribution is -0.137. The largest absolute Gasteiger partial charge is 0.416 e. The Morgan fingerprint density at radius 1 is 1.03 bits per heavy atom. The maximum absolute atomic E-state index is 12.9. The quantitative estimate of drug-likeness (QED) is 0.532. The number of carbonyl (C=O) groups is 1. The van der Waals surface area contributed by atoms with E-state index < -0.39 is 17.6 Å². The Labute approximate surface area is 163 Å². The van der Waals surface area contributed by atoms with Crippen LogP contribution in [-0.2, 0) is 6.18 Å². The number of fused-ring (bicyclic) bond motifs is 1. The molecule has 2 aromatic carbocycles. The highest BCUT2D eigenvalue weighted by molar-refractivity contribution is 6.04. The second kappa shape index (κ2) is 7.05. The van der Waals surface area contributed by atoms with E-state index in [9.17, 15) is 18.0 Å². The number of anilines is 1. The van der Waals surface area contributed by atoms with Gasteiger partial charge in [0, 0.05) is 29.1 Å². The van der Waals surface area contributed by atoms with Crippen molar-refractivity contribution in [3.63, 3.8) is 0 Å². The predicted molar refractivity (Wildman–Crippen MR) is 103 cm³/mol. The van der Waals surface area contributed by atoms with Gasteiger partial charge in [-0.25, -0.2) is 9.50 Å². The Bertz CT molecular complexity index is 1210. The molecule has 0 saturated carbocycles. The Hall–Kier alpha value is -3.68. The number of aromatic nitrogens is 3. The molecule has 2 aromatic heterocycles. The monoisotopic (exact) mass is 396 g/mol. The van der Waals surface area contributed by atoms with E-state index in [0.717, 1.165) is 29.1 Å². The van der Waals surface area contributed by atoms with Gasteiger partial charge in [-0.05, 0) is 43.3 Å². The summed E-state index contributed by atoms with van der Waals surface area (Å²) >= 11 is 0. The van der Waals surface area contributed by atoms with E-state index in [1.807, 2.05) is 19.1 Å². The highest BCUT2D eigenvalue weighted by Gasteiger charge is 2.30. The second-order valence-corrected chi connectivity index (χ2v) is 6.50. The molecule has 4 rings (SSSR count). The Balaban J connectivity index is 1.64. The number of nitrogens with zero attached hydrogens (tertiary/aromatic N) is 3. The first-order valence-corrected chi connectivity index (χ1v) is 8.72. The molecule has 0 bridgehead atoms. The molecular weight excluding hydrogens is 381 g/mol. The van der Waals surface area contributed by atoms with E-state index in [-0.39, 0.29) is 5.56 Å². The molecular formula is C21H15F3N4O. The van der Waals surface area contributed by atoms with Gasteiger partial charge >= 0.3 is 6.18 Å². The molecule has 2 heterocycles. The van der Waals surface area contributed by atoms with Crippen molar-refractivity contribution in [2.75, 3.05) is 5.32 Å². The van der Waals surface area contributed by atoms with Crippen LogP contribution in [-0.4, -0.2) is 20.5 Å². The van der Waals surface area contributed by atoms with E-state index in [4.69, 9.17) is 0 Å². The maximum atomic E-state index is 12.9. The molecule has 146 valence electrons. The zero-order chi connectivity index (χ0) is 20.6. The number of benzene rings is 2. The molecule has 5 nitrogen and oxygen atoms in total. The molecule has 0 aliphatic heterocycles. The summed E-state index contributed by atoms with van der Waals surface area (Å²) in [6.45, 7) is 1.87. The smallest absolute Gasteiger partial charge is 0.322 e. The van der Waals surface area contributed by atoms with Crippen molar-refractivity contribution in [3.05, 3.63) is 83.7 Å². The first-order chi connectivity index (χ1) is 13.8. The number of aryl methyl sites for hydroxylation is 1.